The van der Waals surface area contributed by atoms with Crippen molar-refractivity contribution in [3.8, 4) is 0 Å². The molecule has 0 spiro atoms. The van der Waals surface area contributed by atoms with Crippen LogP contribution in [0.2, 0.25) is 0 Å². The molecule has 2 saturated heterocycles. The number of aliphatic hydroxyl groups is 1. The van der Waals surface area contributed by atoms with E-state index in [1.54, 1.807) is 37.0 Å². The molecular formula is C41H51N9O6. The molecule has 3 fully saturated rings. The number of amides is 3. The topological polar surface area (TPSA) is 173 Å². The molecule has 2 aliphatic heterocycles. The third kappa shape index (κ3) is 7.13. The van der Waals surface area contributed by atoms with Crippen LogP contribution in [0.25, 0.3) is 21.9 Å². The van der Waals surface area contributed by atoms with Crippen LogP contribution in [-0.4, -0.2) is 84.4 Å². The Hall–Kier alpha value is -5.28. The van der Waals surface area contributed by atoms with Crippen molar-refractivity contribution < 1.29 is 23.9 Å². The lowest BCUT2D eigenvalue weighted by Gasteiger charge is -2.40. The maximum Gasteiger partial charge on any atom is 0.329 e. The van der Waals surface area contributed by atoms with Crippen LogP contribution in [0.5, 0.6) is 0 Å². The number of hydrogen-bond acceptors (Lipinski definition) is 10. The lowest BCUT2D eigenvalue weighted by molar-refractivity contribution is -0.135. The summed E-state index contributed by atoms with van der Waals surface area (Å²) >= 11 is 0. The minimum Gasteiger partial charge on any atom is -0.448 e. The summed E-state index contributed by atoms with van der Waals surface area (Å²) in [4.78, 5) is 59.9. The number of rotatable bonds is 9. The van der Waals surface area contributed by atoms with Gasteiger partial charge in [-0.2, -0.15) is 5.10 Å². The van der Waals surface area contributed by atoms with E-state index in [1.807, 2.05) is 30.5 Å². The second-order valence-corrected chi connectivity index (χ2v) is 16.5. The zero-order valence-corrected chi connectivity index (χ0v) is 32.7. The fourth-order valence-electron chi connectivity index (χ4n) is 9.14. The zero-order valence-electron chi connectivity index (χ0n) is 32.7. The fraction of sp³-hybridized carbons (Fsp3) is 0.512. The van der Waals surface area contributed by atoms with Gasteiger partial charge in [-0.1, -0.05) is 6.07 Å². The first-order valence-corrected chi connectivity index (χ1v) is 19.7. The van der Waals surface area contributed by atoms with Crippen LogP contribution < -0.4 is 21.2 Å². The molecule has 56 heavy (non-hydrogen) atoms. The Labute approximate surface area is 324 Å². The Balaban J connectivity index is 0.882. The summed E-state index contributed by atoms with van der Waals surface area (Å²) in [7, 11) is 4.01. The van der Waals surface area contributed by atoms with Crippen LogP contribution in [0.1, 0.15) is 99.2 Å². The lowest BCUT2D eigenvalue weighted by Crippen LogP contribution is -2.45. The number of aryl methyl sites for hydroxylation is 2. The third-order valence-electron chi connectivity index (χ3n) is 12.2. The number of carbonyl (C=O) groups excluding carboxylic acids is 3. The number of oxazole rings is 1. The predicted octanol–water partition coefficient (Wildman–Crippen LogP) is 4.78. The highest BCUT2D eigenvalue weighted by Crippen LogP contribution is 2.37. The van der Waals surface area contributed by atoms with Gasteiger partial charge in [0, 0.05) is 68.9 Å². The van der Waals surface area contributed by atoms with Crippen LogP contribution in [0.4, 0.5) is 11.4 Å². The van der Waals surface area contributed by atoms with Crippen molar-refractivity contribution in [2.75, 3.05) is 36.9 Å². The van der Waals surface area contributed by atoms with Gasteiger partial charge in [0.2, 0.25) is 11.8 Å². The Morgan fingerprint density at radius 1 is 1.07 bits per heavy atom. The van der Waals surface area contributed by atoms with Crippen molar-refractivity contribution in [2.24, 2.45) is 13.0 Å². The van der Waals surface area contributed by atoms with Gasteiger partial charge in [0.15, 0.2) is 11.6 Å². The Bertz CT molecular complexity index is 2370. The van der Waals surface area contributed by atoms with E-state index in [0.29, 0.717) is 41.0 Å². The number of piperidine rings is 2. The van der Waals surface area contributed by atoms with Crippen molar-refractivity contribution in [3.63, 3.8) is 0 Å². The van der Waals surface area contributed by atoms with E-state index in [4.69, 9.17) is 9.52 Å². The van der Waals surface area contributed by atoms with Gasteiger partial charge in [-0.05, 0) is 96.0 Å². The van der Waals surface area contributed by atoms with Gasteiger partial charge in [0.25, 0.3) is 5.91 Å². The standard InChI is InChI=1S/C41H51N9O6/c1-24-42-32(23-56-24)38(52)43-31-19-26-22-49(45-30(26)20-29(31)41(2,3)55)28-11-9-25(10-12-28)21-46(4)27-15-17-48(18-16-27)33-7-6-8-34-37(33)47(5)40(54)50(34)35-13-14-36(51)44-39(35)53/h6-8,19-20,22-23,25,27-28,35,55H,9-18,21H2,1-5H3,(H,43,52)(H,44,51,53)/t25-,28-,35?. The molecule has 15 nitrogen and oxygen atoms in total. The number of hydrogen-bond donors (Lipinski definition) is 3. The molecule has 1 atom stereocenters. The van der Waals surface area contributed by atoms with Gasteiger partial charge in [-0.25, -0.2) is 9.78 Å². The molecule has 0 bridgehead atoms. The summed E-state index contributed by atoms with van der Waals surface area (Å²) in [6.07, 6.45) is 10.2. The summed E-state index contributed by atoms with van der Waals surface area (Å²) in [5.74, 6) is -0.128. The molecular weight excluding hydrogens is 715 g/mol. The van der Waals surface area contributed by atoms with Crippen LogP contribution in [0, 0.1) is 12.8 Å². The van der Waals surface area contributed by atoms with Crippen LogP contribution in [0.3, 0.4) is 0 Å². The number of nitrogens with one attached hydrogen (secondary N) is 2. The van der Waals surface area contributed by atoms with Crippen LogP contribution in [0.15, 0.2) is 52.0 Å². The van der Waals surface area contributed by atoms with Gasteiger partial charge in [0.05, 0.1) is 33.9 Å². The number of imide groups is 1. The molecule has 2 aromatic carbocycles. The first-order chi connectivity index (χ1) is 26.7. The third-order valence-corrected chi connectivity index (χ3v) is 12.2. The van der Waals surface area contributed by atoms with Gasteiger partial charge < -0.3 is 24.6 Å². The molecule has 1 saturated carbocycles. The van der Waals surface area contributed by atoms with Gasteiger partial charge in [-0.15, -0.1) is 0 Å². The van der Waals surface area contributed by atoms with Gasteiger partial charge in [0.1, 0.15) is 12.3 Å². The molecule has 5 aromatic rings. The minimum atomic E-state index is -1.21. The molecule has 5 heterocycles. The normalized spacial score (nSPS) is 21.3. The van der Waals surface area contributed by atoms with E-state index in [9.17, 15) is 24.3 Å². The summed E-state index contributed by atoms with van der Waals surface area (Å²) in [5, 5.41) is 22.1. The second kappa shape index (κ2) is 14.7. The molecule has 0 radical (unpaired) electrons. The first kappa shape index (κ1) is 37.6. The maximum atomic E-state index is 13.5. The van der Waals surface area contributed by atoms with Gasteiger partial charge in [-0.3, -0.25) is 33.5 Å². The zero-order chi connectivity index (χ0) is 39.5. The summed E-state index contributed by atoms with van der Waals surface area (Å²) < 4.78 is 10.5. The number of anilines is 2. The maximum absolute atomic E-state index is 13.5. The molecule has 1 unspecified atom stereocenters. The van der Waals surface area contributed by atoms with Crippen LogP contribution in [-0.2, 0) is 22.2 Å². The number of imidazole rings is 1. The number of nitrogens with zero attached hydrogens (tertiary/aromatic N) is 7. The summed E-state index contributed by atoms with van der Waals surface area (Å²) in [6, 6.07) is 9.68. The molecule has 8 rings (SSSR count). The average molecular weight is 766 g/mol. The monoisotopic (exact) mass is 765 g/mol. The Morgan fingerprint density at radius 2 is 1.82 bits per heavy atom. The number of carbonyl (C=O) groups is 3. The van der Waals surface area contributed by atoms with E-state index in [1.165, 1.54) is 6.26 Å². The molecule has 15 heteroatoms. The SMILES string of the molecule is Cc1nc(C(=O)Nc2cc3cn([C@H]4CC[C@H](CN(C)C5CCN(c6cccc7c6n(C)c(=O)n7C6CCC(=O)NC6=O)CC5)CC4)nc3cc2C(C)(C)O)co1. The summed E-state index contributed by atoms with van der Waals surface area (Å²) in [5.41, 5.74) is 3.12. The molecule has 3 aliphatic rings. The smallest absolute Gasteiger partial charge is 0.329 e. The number of aromatic nitrogens is 5. The van der Waals surface area contributed by atoms with Crippen molar-refractivity contribution in [1.29, 1.82) is 0 Å². The van der Waals surface area contributed by atoms with E-state index < -0.39 is 23.5 Å². The Kier molecular flexibility index (Phi) is 9.85. The largest absolute Gasteiger partial charge is 0.448 e. The predicted molar refractivity (Wildman–Crippen MR) is 212 cm³/mol. The highest BCUT2D eigenvalue weighted by Gasteiger charge is 2.33. The molecule has 3 aromatic heterocycles. The summed E-state index contributed by atoms with van der Waals surface area (Å²) in [6.45, 7) is 7.84. The lowest BCUT2D eigenvalue weighted by atomic mass is 9.85. The molecule has 296 valence electrons. The van der Waals surface area contributed by atoms with E-state index in [2.05, 4.69) is 43.2 Å². The molecule has 3 amide bonds. The van der Waals surface area contributed by atoms with E-state index in [0.717, 1.165) is 80.3 Å². The average Bonchev–Trinajstić information content (AvgIpc) is 3.87. The highest BCUT2D eigenvalue weighted by atomic mass is 16.3. The molecule has 1 aliphatic carbocycles. The van der Waals surface area contributed by atoms with Crippen molar-refractivity contribution in [3.05, 3.63) is 70.4 Å². The quantitative estimate of drug-likeness (QED) is 0.178. The van der Waals surface area contributed by atoms with E-state index >= 15 is 0 Å². The Morgan fingerprint density at radius 3 is 2.50 bits per heavy atom. The fourth-order valence-corrected chi connectivity index (χ4v) is 9.14. The second-order valence-electron chi connectivity index (χ2n) is 16.5. The van der Waals surface area contributed by atoms with Crippen molar-refractivity contribution in [2.45, 2.75) is 95.9 Å². The van der Waals surface area contributed by atoms with E-state index in [-0.39, 0.29) is 29.8 Å². The van der Waals surface area contributed by atoms with Gasteiger partial charge >= 0.3 is 5.69 Å². The highest BCUT2D eigenvalue weighted by molar-refractivity contribution is 6.04. The molecule has 3 N–H and O–H groups in total. The van der Waals surface area contributed by atoms with Crippen molar-refractivity contribution >= 4 is 51.0 Å². The number of benzene rings is 2. The van der Waals surface area contributed by atoms with Crippen molar-refractivity contribution in [1.82, 2.24) is 34.1 Å². The number of fused-ring (bicyclic) bond motifs is 2. The minimum absolute atomic E-state index is 0.177. The first-order valence-electron chi connectivity index (χ1n) is 19.7. The van der Waals surface area contributed by atoms with Crippen LogP contribution >= 0.6 is 0 Å². The number of para-hydroxylation sites is 1.